The third-order valence-electron chi connectivity index (χ3n) is 4.67. The van der Waals surface area contributed by atoms with Gasteiger partial charge in [0.2, 0.25) is 10.0 Å². The summed E-state index contributed by atoms with van der Waals surface area (Å²) in [6.07, 6.45) is 6.21. The molecule has 1 aromatic carbocycles. The van der Waals surface area contributed by atoms with Gasteiger partial charge in [-0.05, 0) is 48.7 Å². The summed E-state index contributed by atoms with van der Waals surface area (Å²) in [5.41, 5.74) is 0.399. The van der Waals surface area contributed by atoms with E-state index in [-0.39, 0.29) is 17.3 Å². The van der Waals surface area contributed by atoms with E-state index in [0.717, 1.165) is 17.9 Å². The highest BCUT2D eigenvalue weighted by Crippen LogP contribution is 2.47. The number of benzene rings is 1. The van der Waals surface area contributed by atoms with Gasteiger partial charge in [-0.3, -0.25) is 4.79 Å². The van der Waals surface area contributed by atoms with Crippen molar-refractivity contribution in [1.82, 2.24) is 9.62 Å². The van der Waals surface area contributed by atoms with Gasteiger partial charge in [-0.1, -0.05) is 12.8 Å². The Bertz CT molecular complexity index is 970. The largest absolute Gasteiger partial charge is 0.464 e. The number of carbonyl (C=O) groups is 1. The molecule has 1 aliphatic carbocycles. The second-order valence-electron chi connectivity index (χ2n) is 6.84. The van der Waals surface area contributed by atoms with Crippen LogP contribution in [0.3, 0.4) is 0 Å². The number of furan rings is 1. The van der Waals surface area contributed by atoms with Gasteiger partial charge in [0, 0.05) is 18.5 Å². The first-order chi connectivity index (χ1) is 12.8. The van der Waals surface area contributed by atoms with Crippen LogP contribution in [-0.2, 0) is 16.6 Å². The van der Waals surface area contributed by atoms with Crippen LogP contribution < -0.4 is 4.72 Å². The molecule has 2 atom stereocenters. The zero-order valence-corrected chi connectivity index (χ0v) is 16.1. The standard InChI is InChI=1S/C20H22N2O4S/c1-4-11-21-27(24,25)17-8-5-15(6-9-17)20(23)22(3)13-16-7-10-19(26-16)18-12-14(18)2/h1,5-10,14,18,21H,11-13H2,2-3H3/t14-,18+/m0/s1. The van der Waals surface area contributed by atoms with Gasteiger partial charge in [0.05, 0.1) is 18.0 Å². The summed E-state index contributed by atoms with van der Waals surface area (Å²) in [6, 6.07) is 9.63. The van der Waals surface area contributed by atoms with E-state index in [1.165, 1.54) is 24.3 Å². The van der Waals surface area contributed by atoms with E-state index in [2.05, 4.69) is 17.6 Å². The van der Waals surface area contributed by atoms with Crippen LogP contribution in [-0.4, -0.2) is 32.8 Å². The van der Waals surface area contributed by atoms with Crippen molar-refractivity contribution < 1.29 is 17.6 Å². The van der Waals surface area contributed by atoms with Crippen molar-refractivity contribution in [1.29, 1.82) is 0 Å². The third kappa shape index (κ3) is 4.41. The Hall–Kier alpha value is -2.56. The first kappa shape index (κ1) is 19.2. The van der Waals surface area contributed by atoms with E-state index in [1.807, 2.05) is 12.1 Å². The fourth-order valence-electron chi connectivity index (χ4n) is 2.92. The van der Waals surface area contributed by atoms with E-state index in [4.69, 9.17) is 10.8 Å². The molecule has 1 saturated carbocycles. The van der Waals surface area contributed by atoms with E-state index in [0.29, 0.717) is 23.9 Å². The first-order valence-electron chi connectivity index (χ1n) is 8.69. The van der Waals surface area contributed by atoms with Crippen molar-refractivity contribution in [3.63, 3.8) is 0 Å². The average Bonchev–Trinajstić information content (AvgIpc) is 3.20. The lowest BCUT2D eigenvalue weighted by Gasteiger charge is -2.16. The molecule has 0 unspecified atom stereocenters. The Morgan fingerprint density at radius 1 is 1.30 bits per heavy atom. The molecule has 0 spiro atoms. The molecule has 27 heavy (non-hydrogen) atoms. The molecule has 0 radical (unpaired) electrons. The SMILES string of the molecule is C#CCNS(=O)(=O)c1ccc(C(=O)N(C)Cc2ccc([C@@H]3C[C@@H]3C)o2)cc1. The Morgan fingerprint density at radius 3 is 2.56 bits per heavy atom. The van der Waals surface area contributed by atoms with Crippen LogP contribution in [0, 0.1) is 18.3 Å². The molecule has 1 fully saturated rings. The number of hydrogen-bond donors (Lipinski definition) is 1. The maximum absolute atomic E-state index is 12.6. The zero-order valence-electron chi connectivity index (χ0n) is 15.3. The molecular formula is C20H22N2O4S. The molecule has 0 aliphatic heterocycles. The molecule has 2 aromatic rings. The van der Waals surface area contributed by atoms with Gasteiger partial charge in [0.25, 0.3) is 5.91 Å². The molecule has 7 heteroatoms. The Kier molecular flexibility index (Phi) is 5.40. The lowest BCUT2D eigenvalue weighted by molar-refractivity contribution is 0.0774. The van der Waals surface area contributed by atoms with E-state index < -0.39 is 10.0 Å². The van der Waals surface area contributed by atoms with Gasteiger partial charge in [0.15, 0.2) is 0 Å². The summed E-state index contributed by atoms with van der Waals surface area (Å²) < 4.78 is 32.2. The van der Waals surface area contributed by atoms with Crippen LogP contribution in [0.2, 0.25) is 0 Å². The van der Waals surface area contributed by atoms with Crippen LogP contribution >= 0.6 is 0 Å². The number of sulfonamides is 1. The molecule has 0 saturated heterocycles. The zero-order chi connectivity index (χ0) is 19.6. The van der Waals surface area contributed by atoms with Crippen LogP contribution in [0.15, 0.2) is 45.7 Å². The normalized spacial score (nSPS) is 18.7. The van der Waals surface area contributed by atoms with Crippen LogP contribution in [0.5, 0.6) is 0 Å². The molecule has 1 aliphatic rings. The highest BCUT2D eigenvalue weighted by molar-refractivity contribution is 7.89. The minimum atomic E-state index is -3.67. The summed E-state index contributed by atoms with van der Waals surface area (Å²) in [5, 5.41) is 0. The van der Waals surface area contributed by atoms with Crippen molar-refractivity contribution >= 4 is 15.9 Å². The van der Waals surface area contributed by atoms with Gasteiger partial charge in [-0.15, -0.1) is 6.42 Å². The van der Waals surface area contributed by atoms with Crippen LogP contribution in [0.4, 0.5) is 0 Å². The van der Waals surface area contributed by atoms with Crippen molar-refractivity contribution in [3.05, 3.63) is 53.5 Å². The van der Waals surface area contributed by atoms with Crippen LogP contribution in [0.25, 0.3) is 0 Å². The average molecular weight is 386 g/mol. The molecule has 1 amide bonds. The lowest BCUT2D eigenvalue weighted by atomic mass is 10.2. The second kappa shape index (κ2) is 7.59. The maximum Gasteiger partial charge on any atom is 0.254 e. The highest BCUT2D eigenvalue weighted by Gasteiger charge is 2.36. The lowest BCUT2D eigenvalue weighted by Crippen LogP contribution is -2.26. The monoisotopic (exact) mass is 386 g/mol. The summed E-state index contributed by atoms with van der Waals surface area (Å²) in [5.74, 6) is 4.87. The van der Waals surface area contributed by atoms with Gasteiger partial charge in [0.1, 0.15) is 11.5 Å². The maximum atomic E-state index is 12.6. The number of hydrogen-bond acceptors (Lipinski definition) is 4. The predicted molar refractivity (Wildman–Crippen MR) is 101 cm³/mol. The summed E-state index contributed by atoms with van der Waals surface area (Å²) >= 11 is 0. The molecule has 1 heterocycles. The van der Waals surface area contributed by atoms with Gasteiger partial charge in [-0.2, -0.15) is 4.72 Å². The van der Waals surface area contributed by atoms with Gasteiger partial charge >= 0.3 is 0 Å². The Morgan fingerprint density at radius 2 is 1.96 bits per heavy atom. The topological polar surface area (TPSA) is 79.6 Å². The molecule has 3 rings (SSSR count). The van der Waals surface area contributed by atoms with E-state index in [1.54, 1.807) is 11.9 Å². The van der Waals surface area contributed by atoms with Crippen molar-refractivity contribution in [2.45, 2.75) is 30.7 Å². The molecule has 1 aromatic heterocycles. The van der Waals surface area contributed by atoms with Crippen LogP contribution in [0.1, 0.15) is 41.1 Å². The minimum absolute atomic E-state index is 0.0613. The Balaban J connectivity index is 1.64. The third-order valence-corrected chi connectivity index (χ3v) is 6.09. The number of rotatable bonds is 7. The van der Waals surface area contributed by atoms with Crippen molar-refractivity contribution in [2.75, 3.05) is 13.6 Å². The molecular weight excluding hydrogens is 364 g/mol. The fourth-order valence-corrected chi connectivity index (χ4v) is 3.85. The summed E-state index contributed by atoms with van der Waals surface area (Å²) in [4.78, 5) is 14.2. The Labute approximate surface area is 159 Å². The van der Waals surface area contributed by atoms with Crippen molar-refractivity contribution in [2.24, 2.45) is 5.92 Å². The molecule has 1 N–H and O–H groups in total. The molecule has 6 nitrogen and oxygen atoms in total. The number of terminal acetylenes is 1. The fraction of sp³-hybridized carbons (Fsp3) is 0.350. The molecule has 142 valence electrons. The quantitative estimate of drug-likeness (QED) is 0.742. The highest BCUT2D eigenvalue weighted by atomic mass is 32.2. The summed E-state index contributed by atoms with van der Waals surface area (Å²) in [6.45, 7) is 2.45. The first-order valence-corrected chi connectivity index (χ1v) is 10.2. The number of amides is 1. The van der Waals surface area contributed by atoms with E-state index >= 15 is 0 Å². The number of nitrogens with zero attached hydrogens (tertiary/aromatic N) is 1. The van der Waals surface area contributed by atoms with E-state index in [9.17, 15) is 13.2 Å². The number of nitrogens with one attached hydrogen (secondary N) is 1. The smallest absolute Gasteiger partial charge is 0.254 e. The van der Waals surface area contributed by atoms with Crippen molar-refractivity contribution in [3.8, 4) is 12.3 Å². The number of carbonyl (C=O) groups excluding carboxylic acids is 1. The predicted octanol–water partition coefficient (Wildman–Crippen LogP) is 2.59. The minimum Gasteiger partial charge on any atom is -0.464 e. The van der Waals surface area contributed by atoms with Gasteiger partial charge in [-0.25, -0.2) is 8.42 Å². The summed E-state index contributed by atoms with van der Waals surface area (Å²) in [7, 11) is -1.99. The van der Waals surface area contributed by atoms with Gasteiger partial charge < -0.3 is 9.32 Å². The second-order valence-corrected chi connectivity index (χ2v) is 8.60. The molecule has 0 bridgehead atoms.